The lowest BCUT2D eigenvalue weighted by molar-refractivity contribution is -0.674. The molecule has 0 saturated heterocycles. The number of fused-ring (bicyclic) bond motifs is 1. The van der Waals surface area contributed by atoms with Gasteiger partial charge in [0, 0.05) is 24.1 Å². The summed E-state index contributed by atoms with van der Waals surface area (Å²) in [5, 5.41) is 0. The highest BCUT2D eigenvalue weighted by Gasteiger charge is 2.24. The molecule has 0 bridgehead atoms. The number of carbonyl (C=O) groups excluding carboxylic acids is 2. The van der Waals surface area contributed by atoms with Crippen LogP contribution in [0.3, 0.4) is 0 Å². The number of carbonyl (C=O) groups is 2. The molecule has 0 spiro atoms. The molecule has 0 atom stereocenters. The number of aryl methyl sites for hydroxylation is 1. The van der Waals surface area contributed by atoms with Gasteiger partial charge in [0.1, 0.15) is 12.3 Å². The minimum Gasteiger partial charge on any atom is -0.496 e. The van der Waals surface area contributed by atoms with E-state index in [4.69, 9.17) is 9.47 Å². The minimum absolute atomic E-state index is 0.0104. The number of imidazole rings is 1. The second-order valence-corrected chi connectivity index (χ2v) is 6.88. The summed E-state index contributed by atoms with van der Waals surface area (Å²) in [6, 6.07) is 11.1. The summed E-state index contributed by atoms with van der Waals surface area (Å²) in [5.41, 5.74) is 4.05. The van der Waals surface area contributed by atoms with Gasteiger partial charge < -0.3 is 9.47 Å². The molecule has 0 fully saturated rings. The zero-order chi connectivity index (χ0) is 21.1. The lowest BCUT2D eigenvalue weighted by atomic mass is 10.1. The van der Waals surface area contributed by atoms with E-state index in [9.17, 15) is 9.59 Å². The van der Waals surface area contributed by atoms with Gasteiger partial charge in [-0.1, -0.05) is 0 Å². The summed E-state index contributed by atoms with van der Waals surface area (Å²) < 4.78 is 15.0. The Morgan fingerprint density at radius 1 is 1.07 bits per heavy atom. The third-order valence-electron chi connectivity index (χ3n) is 5.18. The van der Waals surface area contributed by atoms with E-state index in [-0.39, 0.29) is 11.8 Å². The van der Waals surface area contributed by atoms with Crippen LogP contribution in [0, 0.1) is 6.92 Å². The number of esters is 1. The van der Waals surface area contributed by atoms with Crippen molar-refractivity contribution in [2.75, 3.05) is 13.7 Å². The van der Waals surface area contributed by atoms with Crippen LogP contribution in [0.25, 0.3) is 11.0 Å². The van der Waals surface area contributed by atoms with Gasteiger partial charge in [0.2, 0.25) is 0 Å². The maximum atomic E-state index is 12.2. The van der Waals surface area contributed by atoms with Gasteiger partial charge in [-0.25, -0.2) is 13.9 Å². The molecular weight excluding hydrogens is 368 g/mol. The second-order valence-electron chi connectivity index (χ2n) is 6.88. The Balaban J connectivity index is 2.17. The standard InChI is InChI=1S/C23H27N2O4/c1-6-24-16(4)25(14-19-12-17(15(3)26)9-11-22(19)28-5)21-13-18(8-10-20(21)24)23(27)29-7-2/h8-13H,6-7,14H2,1-5H3/q+1. The van der Waals surface area contributed by atoms with E-state index in [1.807, 2.05) is 24.3 Å². The monoisotopic (exact) mass is 395 g/mol. The van der Waals surface area contributed by atoms with Gasteiger partial charge in [-0.2, -0.15) is 0 Å². The number of nitrogens with zero attached hydrogens (tertiary/aromatic N) is 2. The predicted molar refractivity (Wildman–Crippen MR) is 111 cm³/mol. The van der Waals surface area contributed by atoms with Crippen molar-refractivity contribution in [1.82, 2.24) is 4.57 Å². The van der Waals surface area contributed by atoms with Crippen LogP contribution in [0.15, 0.2) is 36.4 Å². The Morgan fingerprint density at radius 3 is 2.41 bits per heavy atom. The fraction of sp³-hybridized carbons (Fsp3) is 0.348. The molecule has 3 rings (SSSR count). The molecule has 0 amide bonds. The van der Waals surface area contributed by atoms with Crippen molar-refractivity contribution in [2.24, 2.45) is 0 Å². The molecule has 0 aliphatic rings. The number of aromatic nitrogens is 2. The average molecular weight is 395 g/mol. The summed E-state index contributed by atoms with van der Waals surface area (Å²) in [5.74, 6) is 1.45. The van der Waals surface area contributed by atoms with Crippen LogP contribution < -0.4 is 9.30 Å². The fourth-order valence-electron chi connectivity index (χ4n) is 3.69. The zero-order valence-electron chi connectivity index (χ0n) is 17.6. The summed E-state index contributed by atoms with van der Waals surface area (Å²) >= 11 is 0. The fourth-order valence-corrected chi connectivity index (χ4v) is 3.69. The Kier molecular flexibility index (Phi) is 6.01. The third-order valence-corrected chi connectivity index (χ3v) is 5.18. The first-order valence-corrected chi connectivity index (χ1v) is 9.78. The lowest BCUT2D eigenvalue weighted by Gasteiger charge is -2.09. The molecule has 6 nitrogen and oxygen atoms in total. The molecule has 0 saturated carbocycles. The van der Waals surface area contributed by atoms with E-state index in [0.717, 1.165) is 34.7 Å². The molecule has 1 aromatic heterocycles. The number of hydrogen-bond acceptors (Lipinski definition) is 4. The Morgan fingerprint density at radius 2 is 1.79 bits per heavy atom. The normalized spacial score (nSPS) is 10.9. The summed E-state index contributed by atoms with van der Waals surface area (Å²) in [6.45, 7) is 9.15. The summed E-state index contributed by atoms with van der Waals surface area (Å²) in [6.07, 6.45) is 0. The van der Waals surface area contributed by atoms with Gasteiger partial charge >= 0.3 is 5.97 Å². The average Bonchev–Trinajstić information content (AvgIpc) is 2.98. The van der Waals surface area contributed by atoms with Gasteiger partial charge in [0.05, 0.1) is 25.8 Å². The first-order valence-electron chi connectivity index (χ1n) is 9.78. The smallest absolute Gasteiger partial charge is 0.338 e. The Bertz CT molecular complexity index is 1080. The highest BCUT2D eigenvalue weighted by atomic mass is 16.5. The maximum absolute atomic E-state index is 12.2. The number of hydrogen-bond donors (Lipinski definition) is 0. The van der Waals surface area contributed by atoms with Crippen molar-refractivity contribution >= 4 is 22.8 Å². The van der Waals surface area contributed by atoms with E-state index in [2.05, 4.69) is 23.0 Å². The Labute approximate surface area is 170 Å². The van der Waals surface area contributed by atoms with Crippen LogP contribution in [0.2, 0.25) is 0 Å². The maximum Gasteiger partial charge on any atom is 0.338 e. The number of ether oxygens (including phenoxy) is 2. The molecule has 0 N–H and O–H groups in total. The van der Waals surface area contributed by atoms with E-state index in [1.54, 1.807) is 33.1 Å². The lowest BCUT2D eigenvalue weighted by Crippen LogP contribution is -2.35. The molecule has 1 heterocycles. The van der Waals surface area contributed by atoms with Gasteiger partial charge in [-0.15, -0.1) is 0 Å². The summed E-state index contributed by atoms with van der Waals surface area (Å²) in [7, 11) is 1.62. The summed E-state index contributed by atoms with van der Waals surface area (Å²) in [4.78, 5) is 24.1. The molecule has 0 aliphatic carbocycles. The van der Waals surface area contributed by atoms with Crippen LogP contribution >= 0.6 is 0 Å². The highest BCUT2D eigenvalue weighted by molar-refractivity contribution is 5.94. The molecule has 6 heteroatoms. The van der Waals surface area contributed by atoms with E-state index >= 15 is 0 Å². The molecular formula is C23H27N2O4+. The number of Topliss-reactive ketones (excluding diaryl/α,β-unsaturated/α-hetero) is 1. The highest BCUT2D eigenvalue weighted by Crippen LogP contribution is 2.25. The van der Waals surface area contributed by atoms with Crippen molar-refractivity contribution in [3.63, 3.8) is 0 Å². The molecule has 0 unspecified atom stereocenters. The minimum atomic E-state index is -0.334. The van der Waals surface area contributed by atoms with Crippen molar-refractivity contribution < 1.29 is 23.6 Å². The van der Waals surface area contributed by atoms with E-state index in [1.165, 1.54) is 0 Å². The van der Waals surface area contributed by atoms with Crippen molar-refractivity contribution in [3.8, 4) is 5.75 Å². The van der Waals surface area contributed by atoms with E-state index < -0.39 is 0 Å². The molecule has 2 aromatic carbocycles. The van der Waals surface area contributed by atoms with Crippen molar-refractivity contribution in [2.45, 2.75) is 40.8 Å². The number of benzene rings is 2. The van der Waals surface area contributed by atoms with E-state index in [0.29, 0.717) is 24.3 Å². The second kappa shape index (κ2) is 8.47. The molecule has 0 radical (unpaired) electrons. The number of methoxy groups -OCH3 is 1. The van der Waals surface area contributed by atoms with Crippen LogP contribution in [0.4, 0.5) is 0 Å². The number of rotatable bonds is 7. The Hall–Kier alpha value is -3.15. The molecule has 152 valence electrons. The van der Waals surface area contributed by atoms with Gasteiger partial charge in [0.15, 0.2) is 16.8 Å². The SMILES string of the molecule is CCOC(=O)c1ccc2c(c1)n(Cc1cc(C(C)=O)ccc1OC)c(C)[n+]2CC. The molecule has 3 aromatic rings. The molecule has 0 aliphatic heterocycles. The van der Waals surface area contributed by atoms with Crippen LogP contribution in [0.5, 0.6) is 5.75 Å². The van der Waals surface area contributed by atoms with Crippen molar-refractivity contribution in [1.29, 1.82) is 0 Å². The third kappa shape index (κ3) is 3.88. The van der Waals surface area contributed by atoms with Crippen LogP contribution in [0.1, 0.15) is 52.9 Å². The molecule has 29 heavy (non-hydrogen) atoms. The topological polar surface area (TPSA) is 61.4 Å². The van der Waals surface area contributed by atoms with Gasteiger partial charge in [-0.05, 0) is 51.1 Å². The first-order chi connectivity index (χ1) is 13.9. The largest absolute Gasteiger partial charge is 0.496 e. The van der Waals surface area contributed by atoms with Crippen molar-refractivity contribution in [3.05, 3.63) is 58.9 Å². The zero-order valence-corrected chi connectivity index (χ0v) is 17.6. The quantitative estimate of drug-likeness (QED) is 0.348. The predicted octanol–water partition coefficient (Wildman–Crippen LogP) is 3.69. The van der Waals surface area contributed by atoms with Gasteiger partial charge in [-0.3, -0.25) is 4.79 Å². The van der Waals surface area contributed by atoms with Crippen LogP contribution in [-0.4, -0.2) is 30.0 Å². The van der Waals surface area contributed by atoms with Crippen LogP contribution in [-0.2, 0) is 17.8 Å². The van der Waals surface area contributed by atoms with Gasteiger partial charge in [0.25, 0.3) is 5.82 Å². The first kappa shape index (κ1) is 20.6. The number of ketones is 1.